The molecule has 0 saturated heterocycles. The third-order valence-electron chi connectivity index (χ3n) is 3.12. The van der Waals surface area contributed by atoms with E-state index in [1.165, 1.54) is 4.90 Å². The normalized spacial score (nSPS) is 10.0. The highest BCUT2D eigenvalue weighted by molar-refractivity contribution is 5.89. The van der Waals surface area contributed by atoms with Crippen LogP contribution in [0.25, 0.3) is 0 Å². The van der Waals surface area contributed by atoms with Crippen LogP contribution in [-0.2, 0) is 11.3 Å². The average molecular weight is 298 g/mol. The van der Waals surface area contributed by atoms with Crippen molar-refractivity contribution < 1.29 is 14.7 Å². The van der Waals surface area contributed by atoms with Crippen molar-refractivity contribution in [2.75, 3.05) is 11.9 Å². The molecule has 5 nitrogen and oxygen atoms in total. The number of carboxylic acids is 1. The average Bonchev–Trinajstić information content (AvgIpc) is 2.53. The van der Waals surface area contributed by atoms with Crippen molar-refractivity contribution in [2.24, 2.45) is 0 Å². The summed E-state index contributed by atoms with van der Waals surface area (Å²) < 4.78 is 0. The van der Waals surface area contributed by atoms with Crippen LogP contribution in [-0.4, -0.2) is 28.6 Å². The minimum atomic E-state index is -0.925. The maximum Gasteiger partial charge on any atom is 0.322 e. The van der Waals surface area contributed by atoms with E-state index < -0.39 is 5.97 Å². The van der Waals surface area contributed by atoms with Gasteiger partial charge in [-0.15, -0.1) is 0 Å². The zero-order chi connectivity index (χ0) is 15.8. The summed E-state index contributed by atoms with van der Waals surface area (Å²) in [5.74, 6) is -0.925. The van der Waals surface area contributed by atoms with Crippen LogP contribution in [0.15, 0.2) is 60.7 Å². The number of urea groups is 1. The molecule has 0 saturated carbocycles. The monoisotopic (exact) mass is 298 g/mol. The molecule has 0 bridgehead atoms. The van der Waals surface area contributed by atoms with Gasteiger partial charge in [0.15, 0.2) is 0 Å². The van der Waals surface area contributed by atoms with Crippen LogP contribution in [0.3, 0.4) is 0 Å². The molecule has 0 aliphatic rings. The highest BCUT2D eigenvalue weighted by Gasteiger charge is 2.15. The number of hydrogen-bond acceptors (Lipinski definition) is 2. The van der Waals surface area contributed by atoms with Gasteiger partial charge in [0, 0.05) is 18.8 Å². The molecule has 0 atom stereocenters. The number of benzene rings is 2. The maximum atomic E-state index is 12.4. The fourth-order valence-electron chi connectivity index (χ4n) is 2.01. The van der Waals surface area contributed by atoms with Crippen LogP contribution in [0, 0.1) is 0 Å². The number of carboxylic acid groups (broad SMARTS) is 1. The van der Waals surface area contributed by atoms with Crippen molar-refractivity contribution >= 4 is 17.7 Å². The third kappa shape index (κ3) is 4.94. The van der Waals surface area contributed by atoms with E-state index in [0.29, 0.717) is 12.2 Å². The summed E-state index contributed by atoms with van der Waals surface area (Å²) in [4.78, 5) is 24.6. The largest absolute Gasteiger partial charge is 0.481 e. The second kappa shape index (κ2) is 7.83. The second-order valence-corrected chi connectivity index (χ2v) is 4.85. The molecule has 0 heterocycles. The lowest BCUT2D eigenvalue weighted by Gasteiger charge is -2.22. The maximum absolute atomic E-state index is 12.4. The molecule has 114 valence electrons. The van der Waals surface area contributed by atoms with Crippen LogP contribution in [0.5, 0.6) is 0 Å². The number of rotatable bonds is 6. The first-order chi connectivity index (χ1) is 10.6. The minimum absolute atomic E-state index is 0.0883. The molecule has 5 heteroatoms. The van der Waals surface area contributed by atoms with Gasteiger partial charge in [0.1, 0.15) is 0 Å². The smallest absolute Gasteiger partial charge is 0.322 e. The van der Waals surface area contributed by atoms with Gasteiger partial charge in [0.05, 0.1) is 6.42 Å². The van der Waals surface area contributed by atoms with Gasteiger partial charge in [0.2, 0.25) is 0 Å². The minimum Gasteiger partial charge on any atom is -0.481 e. The Morgan fingerprint density at radius 2 is 1.55 bits per heavy atom. The highest BCUT2D eigenvalue weighted by Crippen LogP contribution is 2.10. The number of carbonyl (C=O) groups is 2. The van der Waals surface area contributed by atoms with E-state index in [9.17, 15) is 9.59 Å². The number of nitrogens with one attached hydrogen (secondary N) is 1. The Kier molecular flexibility index (Phi) is 5.54. The highest BCUT2D eigenvalue weighted by atomic mass is 16.4. The Morgan fingerprint density at radius 1 is 0.955 bits per heavy atom. The first-order valence-electron chi connectivity index (χ1n) is 7.02. The van der Waals surface area contributed by atoms with E-state index in [1.54, 1.807) is 12.1 Å². The Balaban J connectivity index is 2.05. The molecule has 2 rings (SSSR count). The van der Waals surface area contributed by atoms with Gasteiger partial charge < -0.3 is 15.3 Å². The first kappa shape index (κ1) is 15.6. The lowest BCUT2D eigenvalue weighted by molar-refractivity contribution is -0.137. The van der Waals surface area contributed by atoms with Crippen molar-refractivity contribution in [3.8, 4) is 0 Å². The molecular weight excluding hydrogens is 280 g/mol. The topological polar surface area (TPSA) is 69.6 Å². The number of para-hydroxylation sites is 1. The lowest BCUT2D eigenvalue weighted by Crippen LogP contribution is -2.36. The van der Waals surface area contributed by atoms with Crippen molar-refractivity contribution in [3.63, 3.8) is 0 Å². The molecule has 2 aromatic carbocycles. The molecule has 0 fully saturated rings. The fourth-order valence-corrected chi connectivity index (χ4v) is 2.01. The summed E-state index contributed by atoms with van der Waals surface area (Å²) >= 11 is 0. The quantitative estimate of drug-likeness (QED) is 0.860. The Labute approximate surface area is 129 Å². The van der Waals surface area contributed by atoms with Gasteiger partial charge in [0.25, 0.3) is 0 Å². The van der Waals surface area contributed by atoms with Crippen molar-refractivity contribution in [1.82, 2.24) is 4.90 Å². The number of hydrogen-bond donors (Lipinski definition) is 2. The predicted octanol–water partition coefficient (Wildman–Crippen LogP) is 3.20. The summed E-state index contributed by atoms with van der Waals surface area (Å²) in [6.07, 6.45) is -0.0883. The molecule has 0 aliphatic carbocycles. The zero-order valence-electron chi connectivity index (χ0n) is 12.1. The second-order valence-electron chi connectivity index (χ2n) is 4.85. The van der Waals surface area contributed by atoms with Gasteiger partial charge >= 0.3 is 12.0 Å². The van der Waals surface area contributed by atoms with E-state index in [-0.39, 0.29) is 19.0 Å². The van der Waals surface area contributed by atoms with Crippen LogP contribution in [0.2, 0.25) is 0 Å². The zero-order valence-corrected chi connectivity index (χ0v) is 12.1. The molecule has 22 heavy (non-hydrogen) atoms. The summed E-state index contributed by atoms with van der Waals surface area (Å²) in [7, 11) is 0. The van der Waals surface area contributed by atoms with E-state index in [2.05, 4.69) is 5.32 Å². The summed E-state index contributed by atoms with van der Waals surface area (Å²) in [6.45, 7) is 0.523. The SMILES string of the molecule is O=C(O)CCN(Cc1ccccc1)C(=O)Nc1ccccc1. The van der Waals surface area contributed by atoms with Gasteiger partial charge in [-0.1, -0.05) is 48.5 Å². The van der Waals surface area contributed by atoms with E-state index in [1.807, 2.05) is 48.5 Å². The van der Waals surface area contributed by atoms with E-state index in [0.717, 1.165) is 5.56 Å². The Bertz CT molecular complexity index is 614. The number of aliphatic carboxylic acids is 1. The Hall–Kier alpha value is -2.82. The molecule has 0 aliphatic heterocycles. The van der Waals surface area contributed by atoms with E-state index in [4.69, 9.17) is 5.11 Å². The summed E-state index contributed by atoms with van der Waals surface area (Å²) in [6, 6.07) is 18.3. The molecule has 2 amide bonds. The Morgan fingerprint density at radius 3 is 2.14 bits per heavy atom. The van der Waals surface area contributed by atoms with Crippen LogP contribution in [0.4, 0.5) is 10.5 Å². The standard InChI is InChI=1S/C17H18N2O3/c20-16(21)11-12-19(13-14-7-3-1-4-8-14)17(22)18-15-9-5-2-6-10-15/h1-10H,11-13H2,(H,18,22)(H,20,21). The number of amides is 2. The lowest BCUT2D eigenvalue weighted by atomic mass is 10.2. The van der Waals surface area contributed by atoms with Crippen molar-refractivity contribution in [2.45, 2.75) is 13.0 Å². The van der Waals surface area contributed by atoms with Crippen molar-refractivity contribution in [3.05, 3.63) is 66.2 Å². The number of nitrogens with zero attached hydrogens (tertiary/aromatic N) is 1. The van der Waals surface area contributed by atoms with Gasteiger partial charge in [-0.2, -0.15) is 0 Å². The summed E-state index contributed by atoms with van der Waals surface area (Å²) in [5, 5.41) is 11.6. The van der Waals surface area contributed by atoms with Gasteiger partial charge in [-0.05, 0) is 17.7 Å². The number of anilines is 1. The third-order valence-corrected chi connectivity index (χ3v) is 3.12. The molecular formula is C17H18N2O3. The fraction of sp³-hybridized carbons (Fsp3) is 0.176. The molecule has 2 N–H and O–H groups in total. The number of carbonyl (C=O) groups excluding carboxylic acids is 1. The van der Waals surface area contributed by atoms with Gasteiger partial charge in [-0.25, -0.2) is 4.79 Å². The van der Waals surface area contributed by atoms with Gasteiger partial charge in [-0.3, -0.25) is 4.79 Å². The predicted molar refractivity (Wildman–Crippen MR) is 84.6 cm³/mol. The molecule has 0 radical (unpaired) electrons. The molecule has 0 aromatic heterocycles. The van der Waals surface area contributed by atoms with Crippen LogP contribution in [0.1, 0.15) is 12.0 Å². The molecule has 2 aromatic rings. The molecule has 0 unspecified atom stereocenters. The molecule has 0 spiro atoms. The summed E-state index contributed by atoms with van der Waals surface area (Å²) in [5.41, 5.74) is 1.64. The first-order valence-corrected chi connectivity index (χ1v) is 7.02. The van der Waals surface area contributed by atoms with Crippen molar-refractivity contribution in [1.29, 1.82) is 0 Å². The van der Waals surface area contributed by atoms with Crippen LogP contribution >= 0.6 is 0 Å². The van der Waals surface area contributed by atoms with Crippen LogP contribution < -0.4 is 5.32 Å². The van der Waals surface area contributed by atoms with E-state index >= 15 is 0 Å².